The molecule has 0 bridgehead atoms. The monoisotopic (exact) mass is 358 g/mol. The van der Waals surface area contributed by atoms with Crippen LogP contribution in [0.1, 0.15) is 24.6 Å². The molecule has 0 spiro atoms. The quantitative estimate of drug-likeness (QED) is 0.731. The van der Waals surface area contributed by atoms with Crippen molar-refractivity contribution < 1.29 is 13.9 Å². The molecule has 1 aliphatic rings. The number of H-pyrrole nitrogens is 1. The average Bonchev–Trinajstić information content (AvgIpc) is 3.28. The van der Waals surface area contributed by atoms with Gasteiger partial charge in [-0.05, 0) is 18.4 Å². The zero-order chi connectivity index (χ0) is 18.0. The zero-order valence-corrected chi connectivity index (χ0v) is 14.1. The second kappa shape index (κ2) is 6.97. The molecule has 1 aliphatic heterocycles. The van der Waals surface area contributed by atoms with Crippen LogP contribution in [0.25, 0.3) is 11.2 Å². The maximum absolute atomic E-state index is 13.8. The van der Waals surface area contributed by atoms with Crippen molar-refractivity contribution >= 4 is 11.2 Å². The number of alkyl halides is 1. The molecule has 0 unspecified atom stereocenters. The predicted molar refractivity (Wildman–Crippen MR) is 92.3 cm³/mol. The number of nitrogens with zero attached hydrogens (tertiary/aromatic N) is 3. The van der Waals surface area contributed by atoms with Crippen LogP contribution in [-0.2, 0) is 16.1 Å². The largest absolute Gasteiger partial charge is 0.374 e. The first kappa shape index (κ1) is 16.9. The summed E-state index contributed by atoms with van der Waals surface area (Å²) in [7, 11) is 0. The van der Waals surface area contributed by atoms with E-state index in [1.54, 1.807) is 4.57 Å². The average molecular weight is 358 g/mol. The van der Waals surface area contributed by atoms with Gasteiger partial charge < -0.3 is 14.5 Å². The lowest BCUT2D eigenvalue weighted by Crippen LogP contribution is -2.37. The molecular formula is C18H19FN4O3. The molecule has 2 aromatic heterocycles. The molecule has 1 saturated heterocycles. The first-order valence-corrected chi connectivity index (χ1v) is 8.46. The van der Waals surface area contributed by atoms with Crippen LogP contribution >= 0.6 is 0 Å². The minimum Gasteiger partial charge on any atom is -0.374 e. The van der Waals surface area contributed by atoms with Crippen LogP contribution < -0.4 is 5.56 Å². The Labute approximate surface area is 148 Å². The van der Waals surface area contributed by atoms with E-state index in [4.69, 9.17) is 9.47 Å². The number of rotatable bonds is 6. The van der Waals surface area contributed by atoms with Crippen molar-refractivity contribution in [3.05, 3.63) is 58.9 Å². The number of imidazole rings is 1. The van der Waals surface area contributed by atoms with Crippen LogP contribution in [0.2, 0.25) is 0 Å². The van der Waals surface area contributed by atoms with E-state index in [9.17, 15) is 9.18 Å². The second-order valence-corrected chi connectivity index (χ2v) is 6.46. The summed E-state index contributed by atoms with van der Waals surface area (Å²) in [5, 5.41) is 0. The molecule has 3 heterocycles. The fourth-order valence-electron chi connectivity index (χ4n) is 3.23. The summed E-state index contributed by atoms with van der Waals surface area (Å²) < 4.78 is 27.2. The highest BCUT2D eigenvalue weighted by molar-refractivity contribution is 5.68. The first-order chi connectivity index (χ1) is 12.7. The van der Waals surface area contributed by atoms with Gasteiger partial charge in [0, 0.05) is 0 Å². The van der Waals surface area contributed by atoms with Gasteiger partial charge in [0.15, 0.2) is 11.2 Å². The van der Waals surface area contributed by atoms with E-state index in [1.165, 1.54) is 12.7 Å². The lowest BCUT2D eigenvalue weighted by molar-refractivity contribution is -0.123. The molecule has 0 saturated carbocycles. The normalized spacial score (nSPS) is 22.9. The van der Waals surface area contributed by atoms with E-state index in [0.29, 0.717) is 25.1 Å². The van der Waals surface area contributed by atoms with E-state index in [-0.39, 0.29) is 17.7 Å². The molecule has 0 aliphatic carbocycles. The number of aromatic amines is 1. The first-order valence-electron chi connectivity index (χ1n) is 8.46. The highest BCUT2D eigenvalue weighted by Gasteiger charge is 2.42. The Morgan fingerprint density at radius 1 is 1.35 bits per heavy atom. The predicted octanol–water partition coefficient (Wildman–Crippen LogP) is 2.35. The molecule has 136 valence electrons. The smallest absolute Gasteiger partial charge is 0.278 e. The molecule has 2 atom stereocenters. The molecule has 1 fully saturated rings. The molecule has 4 rings (SSSR count). The molecule has 26 heavy (non-hydrogen) atoms. The van der Waals surface area contributed by atoms with Gasteiger partial charge in [-0.1, -0.05) is 30.3 Å². The van der Waals surface area contributed by atoms with Gasteiger partial charge >= 0.3 is 0 Å². The van der Waals surface area contributed by atoms with E-state index in [0.717, 1.165) is 5.56 Å². The van der Waals surface area contributed by atoms with Crippen molar-refractivity contribution in [3.8, 4) is 0 Å². The van der Waals surface area contributed by atoms with Gasteiger partial charge in [-0.2, -0.15) is 0 Å². The number of fused-ring (bicyclic) bond motifs is 1. The standard InChI is InChI=1S/C18H19FN4O3/c19-9-18(10-25-8-13-4-2-1-3-5-13)7-6-14(26-18)23-12-22-15-16(23)20-11-21-17(15)24/h1-5,11-12,14H,6-10H2,(H,20,21,24)/t14-,18-/m1/s1. The fraction of sp³-hybridized carbons (Fsp3) is 0.389. The van der Waals surface area contributed by atoms with Crippen LogP contribution in [0.4, 0.5) is 4.39 Å². The SMILES string of the molecule is O=c1[nH]cnc2c1ncn2[C@H]1CC[C@@](CF)(COCc2ccccc2)O1. The summed E-state index contributed by atoms with van der Waals surface area (Å²) in [5.74, 6) is 0. The summed E-state index contributed by atoms with van der Waals surface area (Å²) in [6.45, 7) is -0.0734. The van der Waals surface area contributed by atoms with Crippen molar-refractivity contribution in [2.75, 3.05) is 13.3 Å². The molecular weight excluding hydrogens is 339 g/mol. The number of nitrogens with one attached hydrogen (secondary N) is 1. The number of hydrogen-bond donors (Lipinski definition) is 1. The van der Waals surface area contributed by atoms with E-state index < -0.39 is 18.5 Å². The van der Waals surface area contributed by atoms with Gasteiger partial charge in [0.25, 0.3) is 5.56 Å². The minimum absolute atomic E-state index is 0.162. The Bertz CT molecular complexity index is 942. The Kier molecular flexibility index (Phi) is 4.52. The summed E-state index contributed by atoms with van der Waals surface area (Å²) >= 11 is 0. The van der Waals surface area contributed by atoms with Gasteiger partial charge in [-0.15, -0.1) is 0 Å². The molecule has 1 aromatic carbocycles. The molecule has 3 aromatic rings. The molecule has 0 amide bonds. The summed E-state index contributed by atoms with van der Waals surface area (Å²) in [6, 6.07) is 9.73. The summed E-state index contributed by atoms with van der Waals surface area (Å²) in [5.41, 5.74) is 0.402. The summed E-state index contributed by atoms with van der Waals surface area (Å²) in [6.07, 6.45) is 3.52. The van der Waals surface area contributed by atoms with Crippen molar-refractivity contribution in [2.24, 2.45) is 0 Å². The van der Waals surface area contributed by atoms with Crippen LogP contribution in [0.15, 0.2) is 47.8 Å². The highest BCUT2D eigenvalue weighted by Crippen LogP contribution is 2.38. The van der Waals surface area contributed by atoms with Gasteiger partial charge in [0.05, 0.1) is 25.9 Å². The topological polar surface area (TPSA) is 82.0 Å². The Morgan fingerprint density at radius 2 is 2.19 bits per heavy atom. The number of hydrogen-bond acceptors (Lipinski definition) is 5. The molecule has 8 heteroatoms. The summed E-state index contributed by atoms with van der Waals surface area (Å²) in [4.78, 5) is 22.5. The van der Waals surface area contributed by atoms with Crippen LogP contribution in [0.5, 0.6) is 0 Å². The van der Waals surface area contributed by atoms with Crippen molar-refractivity contribution in [1.29, 1.82) is 0 Å². The fourth-order valence-corrected chi connectivity index (χ4v) is 3.23. The van der Waals surface area contributed by atoms with E-state index in [1.807, 2.05) is 30.3 Å². The minimum atomic E-state index is -0.989. The van der Waals surface area contributed by atoms with Gasteiger partial charge in [-0.3, -0.25) is 9.36 Å². The maximum atomic E-state index is 13.8. The Balaban J connectivity index is 1.46. The van der Waals surface area contributed by atoms with Gasteiger partial charge in [-0.25, -0.2) is 14.4 Å². The molecule has 1 N–H and O–H groups in total. The van der Waals surface area contributed by atoms with E-state index in [2.05, 4.69) is 15.0 Å². The zero-order valence-electron chi connectivity index (χ0n) is 14.1. The lowest BCUT2D eigenvalue weighted by Gasteiger charge is -2.26. The molecule has 0 radical (unpaired) electrons. The Morgan fingerprint density at radius 3 is 3.00 bits per heavy atom. The van der Waals surface area contributed by atoms with Crippen molar-refractivity contribution in [3.63, 3.8) is 0 Å². The van der Waals surface area contributed by atoms with E-state index >= 15 is 0 Å². The maximum Gasteiger partial charge on any atom is 0.278 e. The van der Waals surface area contributed by atoms with Crippen LogP contribution in [0.3, 0.4) is 0 Å². The number of halogens is 1. The third-order valence-electron chi connectivity index (χ3n) is 4.63. The third-order valence-corrected chi connectivity index (χ3v) is 4.63. The lowest BCUT2D eigenvalue weighted by atomic mass is 10.0. The Hall–Kier alpha value is -2.58. The van der Waals surface area contributed by atoms with Gasteiger partial charge in [0.1, 0.15) is 18.5 Å². The number of aromatic nitrogens is 4. The van der Waals surface area contributed by atoms with Crippen LogP contribution in [-0.4, -0.2) is 38.4 Å². The van der Waals surface area contributed by atoms with Crippen molar-refractivity contribution in [1.82, 2.24) is 19.5 Å². The third kappa shape index (κ3) is 3.13. The number of benzene rings is 1. The number of ether oxygens (including phenoxy) is 2. The molecule has 7 nitrogen and oxygen atoms in total. The van der Waals surface area contributed by atoms with Gasteiger partial charge in [0.2, 0.25) is 0 Å². The van der Waals surface area contributed by atoms with Crippen molar-refractivity contribution in [2.45, 2.75) is 31.3 Å². The highest BCUT2D eigenvalue weighted by atomic mass is 19.1. The second-order valence-electron chi connectivity index (χ2n) is 6.46. The van der Waals surface area contributed by atoms with Crippen LogP contribution in [0, 0.1) is 0 Å².